The predicted molar refractivity (Wildman–Crippen MR) is 117 cm³/mol. The Bertz CT molecular complexity index is 917. The lowest BCUT2D eigenvalue weighted by Gasteiger charge is -2.29. The fourth-order valence-corrected chi connectivity index (χ4v) is 3.28. The number of ketones is 1. The minimum absolute atomic E-state index is 0.0525. The number of rotatable bonds is 10. The highest BCUT2D eigenvalue weighted by Gasteiger charge is 2.29. The van der Waals surface area contributed by atoms with Gasteiger partial charge in [-0.1, -0.05) is 38.4 Å². The summed E-state index contributed by atoms with van der Waals surface area (Å²) in [7, 11) is 1.38. The van der Waals surface area contributed by atoms with Crippen LogP contribution in [0.25, 0.3) is 0 Å². The van der Waals surface area contributed by atoms with Crippen molar-refractivity contribution in [3.63, 3.8) is 0 Å². The van der Waals surface area contributed by atoms with Crippen LogP contribution in [0, 0.1) is 11.8 Å². The quantitative estimate of drug-likeness (QED) is 0.415. The number of aromatic hydroxyl groups is 1. The average Bonchev–Trinajstić information content (AvgIpc) is 2.71. The lowest BCUT2D eigenvalue weighted by molar-refractivity contribution is -0.158. The molecule has 3 atom stereocenters. The minimum atomic E-state index is -0.735. The molecule has 1 aromatic carbocycles. The number of carbonyl (C=O) groups excluding carboxylic acids is 2. The van der Waals surface area contributed by atoms with Gasteiger partial charge in [0.25, 0.3) is 0 Å². The van der Waals surface area contributed by atoms with Gasteiger partial charge in [0, 0.05) is 23.7 Å². The van der Waals surface area contributed by atoms with E-state index in [9.17, 15) is 14.7 Å². The van der Waals surface area contributed by atoms with Crippen molar-refractivity contribution in [2.75, 3.05) is 7.11 Å². The summed E-state index contributed by atoms with van der Waals surface area (Å²) in [5.41, 5.74) is -0.142. The van der Waals surface area contributed by atoms with Crippen molar-refractivity contribution in [1.29, 1.82) is 0 Å². The molecule has 168 valence electrons. The normalized spacial score (nSPS) is 13.9. The van der Waals surface area contributed by atoms with Crippen molar-refractivity contribution in [1.82, 2.24) is 4.98 Å². The summed E-state index contributed by atoms with van der Waals surface area (Å²) < 4.78 is 16.6. The Morgan fingerprint density at radius 2 is 1.87 bits per heavy atom. The van der Waals surface area contributed by atoms with Crippen LogP contribution >= 0.6 is 11.6 Å². The Kier molecular flexibility index (Phi) is 8.68. The first-order valence-corrected chi connectivity index (χ1v) is 10.4. The van der Waals surface area contributed by atoms with Crippen molar-refractivity contribution in [2.45, 2.75) is 46.3 Å². The Balaban J connectivity index is 2.02. The van der Waals surface area contributed by atoms with Crippen LogP contribution in [0.3, 0.4) is 0 Å². The van der Waals surface area contributed by atoms with Gasteiger partial charge >= 0.3 is 5.97 Å². The summed E-state index contributed by atoms with van der Waals surface area (Å²) in [5, 5.41) is 10.6. The Morgan fingerprint density at radius 1 is 1.16 bits per heavy atom. The van der Waals surface area contributed by atoms with Gasteiger partial charge in [-0.3, -0.25) is 9.59 Å². The highest BCUT2D eigenvalue weighted by Crippen LogP contribution is 2.29. The van der Waals surface area contributed by atoms with Gasteiger partial charge in [-0.05, 0) is 31.0 Å². The van der Waals surface area contributed by atoms with E-state index >= 15 is 0 Å². The van der Waals surface area contributed by atoms with Crippen LogP contribution in [-0.2, 0) is 9.53 Å². The van der Waals surface area contributed by atoms with Crippen molar-refractivity contribution < 1.29 is 28.9 Å². The highest BCUT2D eigenvalue weighted by molar-refractivity contribution is 6.30. The lowest BCUT2D eigenvalue weighted by Crippen LogP contribution is -2.38. The molecule has 0 aliphatic rings. The molecule has 31 heavy (non-hydrogen) atoms. The Morgan fingerprint density at radius 3 is 2.48 bits per heavy atom. The molecule has 0 amide bonds. The maximum atomic E-state index is 12.6. The number of ether oxygens (including phenoxy) is 3. The van der Waals surface area contributed by atoms with Crippen LogP contribution in [0.1, 0.15) is 44.6 Å². The number of pyridine rings is 1. The third kappa shape index (κ3) is 6.59. The zero-order chi connectivity index (χ0) is 23.1. The van der Waals surface area contributed by atoms with E-state index in [0.717, 1.165) is 0 Å². The maximum absolute atomic E-state index is 12.6. The van der Waals surface area contributed by atoms with Crippen LogP contribution < -0.4 is 9.47 Å². The third-order valence-corrected chi connectivity index (χ3v) is 4.99. The number of esters is 1. The Labute approximate surface area is 187 Å². The third-order valence-electron chi connectivity index (χ3n) is 4.76. The van der Waals surface area contributed by atoms with E-state index in [-0.39, 0.29) is 29.5 Å². The van der Waals surface area contributed by atoms with E-state index in [2.05, 4.69) is 4.98 Å². The number of hydrogen-bond acceptors (Lipinski definition) is 7. The zero-order valence-electron chi connectivity index (χ0n) is 18.3. The summed E-state index contributed by atoms with van der Waals surface area (Å²) in [6.45, 7) is 7.26. The molecule has 2 rings (SSSR count). The number of methoxy groups -OCH3 is 1. The summed E-state index contributed by atoms with van der Waals surface area (Å²) in [4.78, 5) is 29.0. The molecule has 0 bridgehead atoms. The number of benzene rings is 1. The molecule has 0 fully saturated rings. The van der Waals surface area contributed by atoms with Gasteiger partial charge in [-0.25, -0.2) is 4.98 Å². The molecule has 0 saturated carbocycles. The van der Waals surface area contributed by atoms with Crippen molar-refractivity contribution in [3.05, 3.63) is 47.2 Å². The van der Waals surface area contributed by atoms with Crippen molar-refractivity contribution in [2.24, 2.45) is 11.8 Å². The number of hydrogen-bond donors (Lipinski definition) is 1. The first-order valence-electron chi connectivity index (χ1n) is 10.0. The van der Waals surface area contributed by atoms with Crippen molar-refractivity contribution in [3.8, 4) is 17.2 Å². The number of halogens is 1. The van der Waals surface area contributed by atoms with Gasteiger partial charge in [0.15, 0.2) is 23.0 Å². The monoisotopic (exact) mass is 449 g/mol. The van der Waals surface area contributed by atoms with E-state index in [1.165, 1.54) is 19.4 Å². The zero-order valence-corrected chi connectivity index (χ0v) is 19.1. The molecule has 0 aliphatic carbocycles. The second kappa shape index (κ2) is 11.0. The Hall–Kier alpha value is -2.80. The van der Waals surface area contributed by atoms with Crippen LogP contribution in [-0.4, -0.2) is 41.2 Å². The molecule has 1 aromatic heterocycles. The molecule has 1 N–H and O–H groups in total. The lowest BCUT2D eigenvalue weighted by atomic mass is 10.0. The summed E-state index contributed by atoms with van der Waals surface area (Å²) in [6, 6.07) is 8.44. The van der Waals surface area contributed by atoms with Crippen LogP contribution in [0.4, 0.5) is 0 Å². The summed E-state index contributed by atoms with van der Waals surface area (Å²) in [6.07, 6.45) is 0.222. The molecule has 0 radical (unpaired) electrons. The number of Topliss-reactive ketones (excluding diaryl/α,β-unsaturated/α-hetero) is 1. The molecular weight excluding hydrogens is 422 g/mol. The minimum Gasteiger partial charge on any atom is -0.503 e. The van der Waals surface area contributed by atoms with Gasteiger partial charge in [-0.15, -0.1) is 0 Å². The second-order valence-corrected chi connectivity index (χ2v) is 8.10. The first-order chi connectivity index (χ1) is 14.6. The van der Waals surface area contributed by atoms with Crippen molar-refractivity contribution >= 4 is 23.4 Å². The number of aromatic nitrogens is 1. The molecule has 8 heteroatoms. The SMILES string of the molecule is COc1ccnc(C(=O)C[C@@H](C)C(=O)O[C@@H](C)[C@H](Oc2cccc(Cl)c2)C(C)C)c1O. The van der Waals surface area contributed by atoms with Gasteiger partial charge in [-0.2, -0.15) is 0 Å². The summed E-state index contributed by atoms with van der Waals surface area (Å²) >= 11 is 6.01. The molecule has 1 heterocycles. The van der Waals surface area contributed by atoms with Crippen LogP contribution in [0.2, 0.25) is 5.02 Å². The van der Waals surface area contributed by atoms with Gasteiger partial charge in [0.1, 0.15) is 18.0 Å². The molecule has 0 saturated heterocycles. The van der Waals surface area contributed by atoms with E-state index in [1.807, 2.05) is 13.8 Å². The second-order valence-electron chi connectivity index (χ2n) is 7.66. The van der Waals surface area contributed by atoms with Gasteiger partial charge in [0.2, 0.25) is 0 Å². The smallest absolute Gasteiger partial charge is 0.309 e. The predicted octanol–water partition coefficient (Wildman–Crippen LogP) is 4.69. The number of nitrogens with zero attached hydrogens (tertiary/aromatic N) is 1. The van der Waals surface area contributed by atoms with Crippen LogP contribution in [0.5, 0.6) is 17.2 Å². The molecule has 0 unspecified atom stereocenters. The molecule has 0 spiro atoms. The number of carbonyl (C=O) groups is 2. The molecule has 2 aromatic rings. The van der Waals surface area contributed by atoms with Crippen LogP contribution in [0.15, 0.2) is 36.5 Å². The molecular formula is C23H28ClNO6. The van der Waals surface area contributed by atoms with E-state index in [1.54, 1.807) is 38.1 Å². The van der Waals surface area contributed by atoms with E-state index < -0.39 is 29.9 Å². The highest BCUT2D eigenvalue weighted by atomic mass is 35.5. The van der Waals surface area contributed by atoms with E-state index in [4.69, 9.17) is 25.8 Å². The largest absolute Gasteiger partial charge is 0.503 e. The fourth-order valence-electron chi connectivity index (χ4n) is 3.10. The fraction of sp³-hybridized carbons (Fsp3) is 0.435. The standard InChI is InChI=1S/C23H28ClNO6/c1-13(2)22(31-17-8-6-7-16(24)12-17)15(4)30-23(28)14(3)11-18(26)20-21(27)19(29-5)9-10-25-20/h6-10,12-15,22,27H,11H2,1-5H3/t14-,15+,22-/m1/s1. The first kappa shape index (κ1) is 24.5. The summed E-state index contributed by atoms with van der Waals surface area (Å²) in [5.74, 6) is -1.33. The average molecular weight is 450 g/mol. The molecule has 0 aliphatic heterocycles. The molecule has 7 nitrogen and oxygen atoms in total. The topological polar surface area (TPSA) is 95.0 Å². The van der Waals surface area contributed by atoms with Gasteiger partial charge in [0.05, 0.1) is 13.0 Å². The maximum Gasteiger partial charge on any atom is 0.309 e. The van der Waals surface area contributed by atoms with Gasteiger partial charge < -0.3 is 19.3 Å². The van der Waals surface area contributed by atoms with E-state index in [0.29, 0.717) is 10.8 Å².